The van der Waals surface area contributed by atoms with Crippen molar-refractivity contribution in [3.05, 3.63) is 84.2 Å². The summed E-state index contributed by atoms with van der Waals surface area (Å²) in [5.74, 6) is 0.637. The summed E-state index contributed by atoms with van der Waals surface area (Å²) in [6.07, 6.45) is 6.02. The SMILES string of the molecule is CC(C)n1ccc(S(=O)(=O)NCC(=O)Nc2c(-c3ccnc(Oc4ccccc4)c3)ccc3c2CCC3)n1. The maximum absolute atomic E-state index is 13.0. The van der Waals surface area contributed by atoms with E-state index in [1.807, 2.05) is 62.4 Å². The van der Waals surface area contributed by atoms with Crippen molar-refractivity contribution in [1.82, 2.24) is 19.5 Å². The van der Waals surface area contributed by atoms with Crippen LogP contribution in [0.5, 0.6) is 11.6 Å². The van der Waals surface area contributed by atoms with E-state index in [4.69, 9.17) is 4.74 Å². The number of aryl methyl sites for hydroxylation is 1. The van der Waals surface area contributed by atoms with E-state index in [1.165, 1.54) is 11.6 Å². The molecular weight excluding hydrogens is 502 g/mol. The van der Waals surface area contributed by atoms with E-state index < -0.39 is 22.5 Å². The van der Waals surface area contributed by atoms with E-state index in [2.05, 4.69) is 26.2 Å². The number of rotatable bonds is 9. The van der Waals surface area contributed by atoms with Crippen molar-refractivity contribution >= 4 is 21.6 Å². The molecule has 38 heavy (non-hydrogen) atoms. The second kappa shape index (κ2) is 10.8. The van der Waals surface area contributed by atoms with Crippen LogP contribution in [-0.2, 0) is 27.7 Å². The number of pyridine rings is 1. The lowest BCUT2D eigenvalue weighted by molar-refractivity contribution is -0.115. The van der Waals surface area contributed by atoms with Gasteiger partial charge in [-0.2, -0.15) is 5.10 Å². The molecule has 2 N–H and O–H groups in total. The van der Waals surface area contributed by atoms with Crippen molar-refractivity contribution in [2.45, 2.75) is 44.2 Å². The fraction of sp³-hybridized carbons (Fsp3) is 0.250. The van der Waals surface area contributed by atoms with Crippen LogP contribution in [0.15, 0.2) is 78.1 Å². The van der Waals surface area contributed by atoms with Crippen LogP contribution in [0.25, 0.3) is 11.1 Å². The summed E-state index contributed by atoms with van der Waals surface area (Å²) in [6, 6.07) is 18.6. The maximum Gasteiger partial charge on any atom is 0.260 e. The van der Waals surface area contributed by atoms with Gasteiger partial charge in [-0.3, -0.25) is 9.48 Å². The Morgan fingerprint density at radius 3 is 2.66 bits per heavy atom. The highest BCUT2D eigenvalue weighted by molar-refractivity contribution is 7.89. The predicted octanol–water partition coefficient (Wildman–Crippen LogP) is 4.72. The Hall–Kier alpha value is -4.02. The number of hydrogen-bond donors (Lipinski definition) is 2. The second-order valence-electron chi connectivity index (χ2n) is 9.38. The second-order valence-corrected chi connectivity index (χ2v) is 11.1. The normalized spacial score (nSPS) is 12.9. The molecule has 0 saturated carbocycles. The lowest BCUT2D eigenvalue weighted by Crippen LogP contribution is -2.33. The molecule has 2 aromatic heterocycles. The van der Waals surface area contributed by atoms with E-state index in [9.17, 15) is 13.2 Å². The van der Waals surface area contributed by atoms with Crippen molar-refractivity contribution in [1.29, 1.82) is 0 Å². The van der Waals surface area contributed by atoms with Gasteiger partial charge < -0.3 is 10.1 Å². The van der Waals surface area contributed by atoms with Crippen molar-refractivity contribution in [2.24, 2.45) is 0 Å². The molecule has 4 aromatic rings. The average molecular weight is 532 g/mol. The minimum Gasteiger partial charge on any atom is -0.439 e. The molecule has 0 radical (unpaired) electrons. The molecule has 0 fully saturated rings. The molecule has 0 aliphatic heterocycles. The Bertz CT molecular complexity index is 1570. The topological polar surface area (TPSA) is 115 Å². The number of fused-ring (bicyclic) bond motifs is 1. The molecule has 2 aromatic carbocycles. The van der Waals surface area contributed by atoms with Gasteiger partial charge in [0.05, 0.1) is 12.2 Å². The summed E-state index contributed by atoms with van der Waals surface area (Å²) in [7, 11) is -3.94. The fourth-order valence-corrected chi connectivity index (χ4v) is 5.37. The van der Waals surface area contributed by atoms with E-state index in [0.717, 1.165) is 36.0 Å². The molecule has 0 unspecified atom stereocenters. The van der Waals surface area contributed by atoms with Crippen molar-refractivity contribution in [3.63, 3.8) is 0 Å². The first-order chi connectivity index (χ1) is 18.3. The summed E-state index contributed by atoms with van der Waals surface area (Å²) < 4.78 is 35.2. The van der Waals surface area contributed by atoms with Gasteiger partial charge in [0.2, 0.25) is 11.8 Å². The highest BCUT2D eigenvalue weighted by Gasteiger charge is 2.23. The molecule has 0 saturated heterocycles. The third kappa shape index (κ3) is 5.61. The first-order valence-corrected chi connectivity index (χ1v) is 14.0. The first kappa shape index (κ1) is 25.6. The molecule has 9 nitrogen and oxygen atoms in total. The Morgan fingerprint density at radius 2 is 1.89 bits per heavy atom. The predicted molar refractivity (Wildman–Crippen MR) is 145 cm³/mol. The van der Waals surface area contributed by atoms with Crippen LogP contribution in [0.2, 0.25) is 0 Å². The molecular formula is C28H29N5O4S. The van der Waals surface area contributed by atoms with E-state index in [-0.39, 0.29) is 11.1 Å². The fourth-order valence-electron chi connectivity index (χ4n) is 4.46. The summed E-state index contributed by atoms with van der Waals surface area (Å²) in [5, 5.41) is 6.95. The van der Waals surface area contributed by atoms with Crippen molar-refractivity contribution < 1.29 is 17.9 Å². The quantitative estimate of drug-likeness (QED) is 0.323. The summed E-state index contributed by atoms with van der Waals surface area (Å²) in [4.78, 5) is 17.3. The standard InChI is InChI=1S/C28H29N5O4S/c1-19(2)33-16-14-27(32-33)38(35,36)30-18-25(34)31-28-23-10-6-7-20(23)11-12-24(28)21-13-15-29-26(17-21)37-22-8-4-3-5-9-22/h3-5,8-9,11-17,19,30H,6-7,10,18H2,1-2H3,(H,31,34). The molecule has 1 aliphatic rings. The van der Waals surface area contributed by atoms with Gasteiger partial charge in [-0.05, 0) is 74.1 Å². The highest BCUT2D eigenvalue weighted by Crippen LogP contribution is 2.38. The van der Waals surface area contributed by atoms with Gasteiger partial charge in [-0.25, -0.2) is 18.1 Å². The lowest BCUT2D eigenvalue weighted by Gasteiger charge is -2.17. The zero-order valence-electron chi connectivity index (χ0n) is 21.2. The Kier molecular flexibility index (Phi) is 7.26. The first-order valence-electron chi connectivity index (χ1n) is 12.5. The smallest absolute Gasteiger partial charge is 0.260 e. The summed E-state index contributed by atoms with van der Waals surface area (Å²) in [5.41, 5.74) is 4.58. The Morgan fingerprint density at radius 1 is 1.08 bits per heavy atom. The van der Waals surface area contributed by atoms with Gasteiger partial charge in [0.1, 0.15) is 5.75 Å². The number of anilines is 1. The van der Waals surface area contributed by atoms with Crippen LogP contribution in [0, 0.1) is 0 Å². The number of carbonyl (C=O) groups excluding carboxylic acids is 1. The van der Waals surface area contributed by atoms with Gasteiger partial charge in [-0.1, -0.05) is 30.3 Å². The maximum atomic E-state index is 13.0. The third-order valence-electron chi connectivity index (χ3n) is 6.37. The highest BCUT2D eigenvalue weighted by atomic mass is 32.2. The number of nitrogens with one attached hydrogen (secondary N) is 2. The van der Waals surface area contributed by atoms with Crippen molar-refractivity contribution in [2.75, 3.05) is 11.9 Å². The van der Waals surface area contributed by atoms with Crippen LogP contribution in [-0.4, -0.2) is 35.6 Å². The zero-order chi connectivity index (χ0) is 26.7. The number of para-hydroxylation sites is 1. The molecule has 196 valence electrons. The number of aromatic nitrogens is 3. The minimum atomic E-state index is -3.94. The number of benzene rings is 2. The minimum absolute atomic E-state index is 0.0210. The lowest BCUT2D eigenvalue weighted by atomic mass is 9.97. The third-order valence-corrected chi connectivity index (χ3v) is 7.66. The van der Waals surface area contributed by atoms with Crippen LogP contribution < -0.4 is 14.8 Å². The largest absolute Gasteiger partial charge is 0.439 e. The van der Waals surface area contributed by atoms with Gasteiger partial charge in [0, 0.05) is 30.1 Å². The molecule has 0 spiro atoms. The van der Waals surface area contributed by atoms with Crippen LogP contribution in [0.4, 0.5) is 5.69 Å². The van der Waals surface area contributed by atoms with Crippen LogP contribution >= 0.6 is 0 Å². The molecule has 10 heteroatoms. The number of amides is 1. The van der Waals surface area contributed by atoms with Gasteiger partial charge in [0.25, 0.3) is 10.0 Å². The molecule has 0 bridgehead atoms. The number of nitrogens with zero attached hydrogens (tertiary/aromatic N) is 3. The molecule has 5 rings (SSSR count). The Labute approximate surface area is 221 Å². The molecule has 2 heterocycles. The summed E-state index contributed by atoms with van der Waals surface area (Å²) in [6.45, 7) is 3.39. The molecule has 1 aliphatic carbocycles. The van der Waals surface area contributed by atoms with Crippen molar-refractivity contribution in [3.8, 4) is 22.8 Å². The Balaban J connectivity index is 1.37. The van der Waals surface area contributed by atoms with Gasteiger partial charge >= 0.3 is 0 Å². The zero-order valence-corrected chi connectivity index (χ0v) is 22.0. The monoisotopic (exact) mass is 531 g/mol. The average Bonchev–Trinajstić information content (AvgIpc) is 3.60. The van der Waals surface area contributed by atoms with Crippen LogP contribution in [0.1, 0.15) is 37.4 Å². The van der Waals surface area contributed by atoms with Gasteiger partial charge in [-0.15, -0.1) is 0 Å². The van der Waals surface area contributed by atoms with Gasteiger partial charge in [0.15, 0.2) is 5.03 Å². The van der Waals surface area contributed by atoms with Crippen LogP contribution in [0.3, 0.4) is 0 Å². The number of hydrogen-bond acceptors (Lipinski definition) is 6. The summed E-state index contributed by atoms with van der Waals surface area (Å²) >= 11 is 0. The molecule has 1 amide bonds. The number of sulfonamides is 1. The molecule has 0 atom stereocenters. The van der Waals surface area contributed by atoms with E-state index in [0.29, 0.717) is 17.3 Å². The van der Waals surface area contributed by atoms with E-state index >= 15 is 0 Å². The number of carbonyl (C=O) groups is 1. The van der Waals surface area contributed by atoms with E-state index in [1.54, 1.807) is 17.1 Å². The number of ether oxygens (including phenoxy) is 1.